The summed E-state index contributed by atoms with van der Waals surface area (Å²) < 4.78 is 35.1. The van der Waals surface area contributed by atoms with Crippen LogP contribution in [0.4, 0.5) is 0 Å². The molecule has 0 amide bonds. The summed E-state index contributed by atoms with van der Waals surface area (Å²) in [4.78, 5) is 13.8. The fourth-order valence-corrected chi connectivity index (χ4v) is 4.37. The molecule has 0 spiro atoms. The van der Waals surface area contributed by atoms with E-state index in [2.05, 4.69) is 20.8 Å². The Balaban J connectivity index is 0.00000684. The first-order chi connectivity index (χ1) is 17.2. The Hall–Kier alpha value is -2.06. The van der Waals surface area contributed by atoms with Crippen molar-refractivity contribution >= 4 is 19.4 Å². The molecule has 37 heavy (non-hydrogen) atoms. The maximum Gasteiger partial charge on any atom is 1.00 e. The zero-order valence-electron chi connectivity index (χ0n) is 24.0. The second kappa shape index (κ2) is 16.0. The molecule has 9 heteroatoms. The van der Waals surface area contributed by atoms with Gasteiger partial charge in [0.05, 0.1) is 44.9 Å². The van der Waals surface area contributed by atoms with Crippen LogP contribution in [-0.2, 0) is 0 Å². The molecule has 200 valence electrons. The van der Waals surface area contributed by atoms with Crippen LogP contribution in [0.5, 0.6) is 34.5 Å². The molecule has 0 saturated carbocycles. The molecule has 0 radical (unpaired) electrons. The summed E-state index contributed by atoms with van der Waals surface area (Å²) in [5.41, 5.74) is 0.188. The molecule has 0 aliphatic carbocycles. The minimum Gasteiger partial charge on any atom is -0.496 e. The van der Waals surface area contributed by atoms with Gasteiger partial charge in [-0.3, -0.25) is 4.79 Å². The van der Waals surface area contributed by atoms with Crippen molar-refractivity contribution in [2.24, 2.45) is 0 Å². The van der Waals surface area contributed by atoms with E-state index >= 15 is 0 Å². The SMILES string of the molecule is CCC(C)Oc1cc(OC(C)CC)c(PC(=O)c2c(OC)cc(OC)cc2OC)c(OC(C)CC)c1.[Li+]. The molecule has 2 rings (SSSR count). The van der Waals surface area contributed by atoms with Crippen molar-refractivity contribution in [3.63, 3.8) is 0 Å². The largest absolute Gasteiger partial charge is 1.00 e. The summed E-state index contributed by atoms with van der Waals surface area (Å²) in [5.74, 6) is 3.13. The van der Waals surface area contributed by atoms with Gasteiger partial charge in [-0.1, -0.05) is 20.8 Å². The first-order valence-corrected chi connectivity index (χ1v) is 13.5. The molecule has 7 nitrogen and oxygen atoms in total. The fourth-order valence-electron chi connectivity index (χ4n) is 3.26. The monoisotopic (exact) mass is 527 g/mol. The molecule has 0 N–H and O–H groups in total. The van der Waals surface area contributed by atoms with Gasteiger partial charge in [-0.05, 0) is 48.6 Å². The van der Waals surface area contributed by atoms with E-state index in [1.54, 1.807) is 19.2 Å². The van der Waals surface area contributed by atoms with Crippen molar-refractivity contribution in [2.75, 3.05) is 21.3 Å². The standard InChI is InChI=1S/C28H41O7P.Li/c1-10-17(4)33-21-15-24(34-18(5)11-2)27(25(16-21)35-19(6)12-3)36-28(29)26-22(31-8)13-20(30-7)14-23(26)32-9;/h13-19,36H,10-12H2,1-9H3;/q;+1. The van der Waals surface area contributed by atoms with Crippen LogP contribution in [0.15, 0.2) is 24.3 Å². The molecule has 4 unspecified atom stereocenters. The molecule has 2 aromatic rings. The van der Waals surface area contributed by atoms with Crippen LogP contribution in [-0.4, -0.2) is 45.2 Å². The van der Waals surface area contributed by atoms with Crippen LogP contribution in [0.2, 0.25) is 0 Å². The second-order valence-electron chi connectivity index (χ2n) is 8.67. The zero-order valence-corrected chi connectivity index (χ0v) is 25.0. The van der Waals surface area contributed by atoms with Gasteiger partial charge < -0.3 is 28.4 Å². The fraction of sp³-hybridized carbons (Fsp3) is 0.536. The molecule has 0 aromatic heterocycles. The minimum atomic E-state index is -0.301. The maximum absolute atomic E-state index is 13.8. The van der Waals surface area contributed by atoms with Crippen molar-refractivity contribution in [1.82, 2.24) is 0 Å². The number of ether oxygens (including phenoxy) is 6. The van der Waals surface area contributed by atoms with Gasteiger partial charge in [-0.25, -0.2) is 0 Å². The second-order valence-corrected chi connectivity index (χ2v) is 9.87. The van der Waals surface area contributed by atoms with Gasteiger partial charge >= 0.3 is 18.9 Å². The van der Waals surface area contributed by atoms with Crippen molar-refractivity contribution in [3.8, 4) is 34.5 Å². The van der Waals surface area contributed by atoms with Crippen LogP contribution in [0.25, 0.3) is 0 Å². The van der Waals surface area contributed by atoms with Gasteiger partial charge in [-0.15, -0.1) is 0 Å². The molecule has 0 aliphatic heterocycles. The number of carbonyl (C=O) groups excluding carboxylic acids is 1. The van der Waals surface area contributed by atoms with Crippen LogP contribution < -0.4 is 52.6 Å². The Labute approximate surface area is 235 Å². The Morgan fingerprint density at radius 2 is 1.08 bits per heavy atom. The summed E-state index contributed by atoms with van der Waals surface area (Å²) in [6.45, 7) is 12.2. The van der Waals surface area contributed by atoms with Crippen LogP contribution >= 0.6 is 8.58 Å². The van der Waals surface area contributed by atoms with E-state index in [4.69, 9.17) is 28.4 Å². The van der Waals surface area contributed by atoms with E-state index in [0.29, 0.717) is 45.4 Å². The van der Waals surface area contributed by atoms with Crippen molar-refractivity contribution in [1.29, 1.82) is 0 Å². The van der Waals surface area contributed by atoms with Gasteiger partial charge in [0, 0.05) is 24.3 Å². The number of carbonyl (C=O) groups is 1. The quantitative estimate of drug-likeness (QED) is 0.260. The van der Waals surface area contributed by atoms with Crippen LogP contribution in [0.1, 0.15) is 71.2 Å². The number of hydrogen-bond donors (Lipinski definition) is 0. The van der Waals surface area contributed by atoms with Crippen molar-refractivity contribution < 1.29 is 52.1 Å². The van der Waals surface area contributed by atoms with E-state index in [0.717, 1.165) is 19.3 Å². The zero-order chi connectivity index (χ0) is 26.8. The Morgan fingerprint density at radius 1 is 0.676 bits per heavy atom. The van der Waals surface area contributed by atoms with Gasteiger partial charge in [0.25, 0.3) is 0 Å². The van der Waals surface area contributed by atoms with E-state index in [9.17, 15) is 4.79 Å². The normalized spacial score (nSPS) is 13.3. The van der Waals surface area contributed by atoms with Gasteiger partial charge in [-0.2, -0.15) is 0 Å². The average molecular weight is 528 g/mol. The van der Waals surface area contributed by atoms with Crippen molar-refractivity contribution in [2.45, 2.75) is 79.1 Å². The Bertz CT molecular complexity index is 956. The molecule has 0 heterocycles. The molecule has 0 fully saturated rings. The third-order valence-electron chi connectivity index (χ3n) is 5.94. The Morgan fingerprint density at radius 3 is 1.46 bits per heavy atom. The molecular weight excluding hydrogens is 486 g/mol. The van der Waals surface area contributed by atoms with E-state index in [1.165, 1.54) is 14.2 Å². The van der Waals surface area contributed by atoms with Crippen LogP contribution in [0.3, 0.4) is 0 Å². The predicted molar refractivity (Wildman–Crippen MR) is 146 cm³/mol. The molecular formula is C28H41LiO7P+. The summed E-state index contributed by atoms with van der Waals surface area (Å²) in [6.07, 6.45) is 2.42. The Kier molecular flexibility index (Phi) is 14.3. The van der Waals surface area contributed by atoms with Gasteiger partial charge in [0.2, 0.25) is 0 Å². The minimum absolute atomic E-state index is 0. The predicted octanol–water partition coefficient (Wildman–Crippen LogP) is 3.39. The summed E-state index contributed by atoms with van der Waals surface area (Å²) in [5, 5.41) is 0.692. The number of hydrogen-bond acceptors (Lipinski definition) is 7. The van der Waals surface area contributed by atoms with Crippen molar-refractivity contribution in [3.05, 3.63) is 29.8 Å². The first kappa shape index (κ1) is 33.0. The van der Waals surface area contributed by atoms with Crippen LogP contribution in [0, 0.1) is 0 Å². The first-order valence-electron chi connectivity index (χ1n) is 12.5. The molecule has 0 saturated heterocycles. The summed E-state index contributed by atoms with van der Waals surface area (Å²) in [6, 6.07) is 7.08. The summed E-state index contributed by atoms with van der Waals surface area (Å²) >= 11 is 0. The van der Waals surface area contributed by atoms with E-state index in [-0.39, 0.29) is 51.3 Å². The van der Waals surface area contributed by atoms with Gasteiger partial charge in [0.15, 0.2) is 5.52 Å². The number of methoxy groups -OCH3 is 3. The molecule has 2 aromatic carbocycles. The number of benzene rings is 2. The third kappa shape index (κ3) is 9.02. The maximum atomic E-state index is 13.8. The molecule has 0 aliphatic rings. The van der Waals surface area contributed by atoms with E-state index in [1.807, 2.05) is 32.9 Å². The number of rotatable bonds is 15. The molecule has 4 atom stereocenters. The topological polar surface area (TPSA) is 72.5 Å². The molecule has 0 bridgehead atoms. The average Bonchev–Trinajstić information content (AvgIpc) is 2.88. The van der Waals surface area contributed by atoms with Gasteiger partial charge in [0.1, 0.15) is 40.1 Å². The summed E-state index contributed by atoms with van der Waals surface area (Å²) in [7, 11) is 4.29. The van der Waals surface area contributed by atoms with E-state index < -0.39 is 0 Å². The third-order valence-corrected chi connectivity index (χ3v) is 7.16. The smallest absolute Gasteiger partial charge is 0.496 e.